The van der Waals surface area contributed by atoms with E-state index in [1.807, 2.05) is 26.8 Å². The first-order chi connectivity index (χ1) is 13.2. The van der Waals surface area contributed by atoms with Crippen LogP contribution in [0.4, 0.5) is 4.79 Å². The van der Waals surface area contributed by atoms with E-state index in [0.29, 0.717) is 44.2 Å². The van der Waals surface area contributed by atoms with E-state index in [9.17, 15) is 14.7 Å². The van der Waals surface area contributed by atoms with Gasteiger partial charge in [-0.25, -0.2) is 4.79 Å². The fourth-order valence-corrected chi connectivity index (χ4v) is 4.14. The molecule has 154 valence electrons. The molecule has 0 aliphatic carbocycles. The highest BCUT2D eigenvalue weighted by Gasteiger charge is 2.48. The first-order valence-corrected chi connectivity index (χ1v) is 9.45. The van der Waals surface area contributed by atoms with Crippen molar-refractivity contribution in [2.75, 3.05) is 19.8 Å². The number of piperidine rings is 1. The highest BCUT2D eigenvalue weighted by Crippen LogP contribution is 2.36. The molecular formula is C19H28N4O5. The number of rotatable bonds is 4. The van der Waals surface area contributed by atoms with Crippen LogP contribution in [0.3, 0.4) is 0 Å². The van der Waals surface area contributed by atoms with E-state index in [1.165, 1.54) is 4.90 Å². The number of amides is 2. The Bertz CT molecular complexity index is 748. The number of nitrogens with one attached hydrogen (secondary N) is 1. The van der Waals surface area contributed by atoms with E-state index in [4.69, 9.17) is 15.2 Å². The summed E-state index contributed by atoms with van der Waals surface area (Å²) >= 11 is 0. The normalized spacial score (nSPS) is 24.7. The molecule has 4 N–H and O–H groups in total. The molecule has 1 aromatic rings. The van der Waals surface area contributed by atoms with Gasteiger partial charge in [-0.2, -0.15) is 0 Å². The van der Waals surface area contributed by atoms with Crippen LogP contribution in [0.2, 0.25) is 0 Å². The van der Waals surface area contributed by atoms with Crippen molar-refractivity contribution in [3.63, 3.8) is 0 Å². The van der Waals surface area contributed by atoms with Gasteiger partial charge in [-0.15, -0.1) is 0 Å². The molecule has 1 saturated heterocycles. The predicted octanol–water partition coefficient (Wildman–Crippen LogP) is 1.21. The lowest BCUT2D eigenvalue weighted by atomic mass is 9.71. The van der Waals surface area contributed by atoms with Crippen molar-refractivity contribution < 1.29 is 24.2 Å². The molecule has 3 unspecified atom stereocenters. The maximum Gasteiger partial charge on any atom is 0.407 e. The van der Waals surface area contributed by atoms with Gasteiger partial charge >= 0.3 is 6.09 Å². The highest BCUT2D eigenvalue weighted by atomic mass is 16.6. The van der Waals surface area contributed by atoms with Gasteiger partial charge in [0, 0.05) is 25.2 Å². The summed E-state index contributed by atoms with van der Waals surface area (Å²) in [5.41, 5.74) is 6.03. The van der Waals surface area contributed by atoms with Crippen molar-refractivity contribution in [1.29, 1.82) is 0 Å². The molecule has 0 aromatic carbocycles. The Balaban J connectivity index is 1.77. The SMILES string of the molecule is CC(C)(C)C1C(C(N)=O)C(NCc2cc3c(cn2)OCCO3)CCN1C(=O)O. The van der Waals surface area contributed by atoms with E-state index in [2.05, 4.69) is 10.3 Å². The minimum atomic E-state index is -1.03. The Morgan fingerprint density at radius 2 is 2.00 bits per heavy atom. The quantitative estimate of drug-likeness (QED) is 0.703. The Labute approximate surface area is 164 Å². The Morgan fingerprint density at radius 3 is 2.61 bits per heavy atom. The van der Waals surface area contributed by atoms with Gasteiger partial charge in [0.15, 0.2) is 11.5 Å². The summed E-state index contributed by atoms with van der Waals surface area (Å²) in [4.78, 5) is 29.7. The monoisotopic (exact) mass is 392 g/mol. The number of nitrogens with zero attached hydrogens (tertiary/aromatic N) is 2. The number of likely N-dealkylation sites (tertiary alicyclic amines) is 1. The van der Waals surface area contributed by atoms with Gasteiger partial charge in [0.2, 0.25) is 5.91 Å². The van der Waals surface area contributed by atoms with Crippen LogP contribution in [0.1, 0.15) is 32.9 Å². The van der Waals surface area contributed by atoms with Crippen LogP contribution in [-0.4, -0.2) is 58.8 Å². The van der Waals surface area contributed by atoms with Crippen molar-refractivity contribution >= 4 is 12.0 Å². The molecule has 0 bridgehead atoms. The van der Waals surface area contributed by atoms with Crippen molar-refractivity contribution in [3.05, 3.63) is 18.0 Å². The van der Waals surface area contributed by atoms with Crippen LogP contribution in [0.25, 0.3) is 0 Å². The number of carbonyl (C=O) groups is 2. The van der Waals surface area contributed by atoms with Gasteiger partial charge < -0.3 is 30.5 Å². The van der Waals surface area contributed by atoms with Crippen LogP contribution < -0.4 is 20.5 Å². The van der Waals surface area contributed by atoms with E-state index in [1.54, 1.807) is 6.20 Å². The van der Waals surface area contributed by atoms with Crippen LogP contribution in [0.5, 0.6) is 11.5 Å². The molecule has 3 heterocycles. The van der Waals surface area contributed by atoms with Gasteiger partial charge in [0.1, 0.15) is 13.2 Å². The zero-order chi connectivity index (χ0) is 20.5. The molecule has 0 saturated carbocycles. The molecule has 2 aliphatic rings. The molecule has 2 aliphatic heterocycles. The first-order valence-electron chi connectivity index (χ1n) is 9.45. The number of hydrogen-bond donors (Lipinski definition) is 3. The summed E-state index contributed by atoms with van der Waals surface area (Å²) in [5.74, 6) is 0.130. The molecule has 28 heavy (non-hydrogen) atoms. The third-order valence-corrected chi connectivity index (χ3v) is 5.28. The van der Waals surface area contributed by atoms with E-state index < -0.39 is 29.4 Å². The number of nitrogens with two attached hydrogens (primary N) is 1. The number of aromatic nitrogens is 1. The van der Waals surface area contributed by atoms with E-state index in [0.717, 1.165) is 5.69 Å². The van der Waals surface area contributed by atoms with Gasteiger partial charge in [-0.05, 0) is 11.8 Å². The number of hydrogen-bond acceptors (Lipinski definition) is 6. The number of ether oxygens (including phenoxy) is 2. The van der Waals surface area contributed by atoms with Crippen LogP contribution in [0.15, 0.2) is 12.3 Å². The molecular weight excluding hydrogens is 364 g/mol. The average Bonchev–Trinajstić information content (AvgIpc) is 2.64. The van der Waals surface area contributed by atoms with E-state index >= 15 is 0 Å². The summed E-state index contributed by atoms with van der Waals surface area (Å²) in [7, 11) is 0. The maximum atomic E-state index is 12.3. The lowest BCUT2D eigenvalue weighted by Gasteiger charge is -2.49. The number of carboxylic acid groups (broad SMARTS) is 1. The molecule has 9 nitrogen and oxygen atoms in total. The zero-order valence-electron chi connectivity index (χ0n) is 16.5. The molecule has 0 spiro atoms. The first kappa shape index (κ1) is 20.2. The summed E-state index contributed by atoms with van der Waals surface area (Å²) in [6, 6.07) is 1.06. The average molecular weight is 392 g/mol. The molecule has 3 rings (SSSR count). The second kappa shape index (κ2) is 7.83. The molecule has 2 amide bonds. The molecule has 9 heteroatoms. The number of carbonyl (C=O) groups excluding carboxylic acids is 1. The van der Waals surface area contributed by atoms with E-state index in [-0.39, 0.29) is 6.04 Å². The summed E-state index contributed by atoms with van der Waals surface area (Å²) in [5, 5.41) is 13.0. The van der Waals surface area contributed by atoms with Gasteiger partial charge in [-0.3, -0.25) is 9.78 Å². The number of primary amides is 1. The minimum Gasteiger partial charge on any atom is -0.486 e. The fraction of sp³-hybridized carbons (Fsp3) is 0.632. The fourth-order valence-electron chi connectivity index (χ4n) is 4.14. The lowest BCUT2D eigenvalue weighted by molar-refractivity contribution is -0.129. The zero-order valence-corrected chi connectivity index (χ0v) is 16.5. The van der Waals surface area contributed by atoms with Crippen molar-refractivity contribution in [2.45, 2.75) is 45.8 Å². The second-order valence-corrected chi connectivity index (χ2v) is 8.31. The van der Waals surface area contributed by atoms with Gasteiger partial charge in [-0.1, -0.05) is 20.8 Å². The summed E-state index contributed by atoms with van der Waals surface area (Å²) in [6.07, 6.45) is 1.09. The lowest BCUT2D eigenvalue weighted by Crippen LogP contribution is -2.64. The number of fused-ring (bicyclic) bond motifs is 1. The second-order valence-electron chi connectivity index (χ2n) is 8.31. The Kier molecular flexibility index (Phi) is 5.64. The van der Waals surface area contributed by atoms with Crippen LogP contribution >= 0.6 is 0 Å². The summed E-state index contributed by atoms with van der Waals surface area (Å²) in [6.45, 7) is 7.52. The molecule has 0 radical (unpaired) electrons. The largest absolute Gasteiger partial charge is 0.486 e. The predicted molar refractivity (Wildman–Crippen MR) is 101 cm³/mol. The summed E-state index contributed by atoms with van der Waals surface area (Å²) < 4.78 is 11.1. The molecule has 1 fully saturated rings. The molecule has 3 atom stereocenters. The molecule has 1 aromatic heterocycles. The highest BCUT2D eigenvalue weighted by molar-refractivity contribution is 5.80. The van der Waals surface area contributed by atoms with Crippen molar-refractivity contribution in [1.82, 2.24) is 15.2 Å². The van der Waals surface area contributed by atoms with Gasteiger partial charge in [0.25, 0.3) is 0 Å². The minimum absolute atomic E-state index is 0.243. The number of pyridine rings is 1. The Morgan fingerprint density at radius 1 is 1.32 bits per heavy atom. The maximum absolute atomic E-state index is 12.3. The topological polar surface area (TPSA) is 127 Å². The van der Waals surface area contributed by atoms with Gasteiger partial charge in [0.05, 0.1) is 23.9 Å². The third-order valence-electron chi connectivity index (χ3n) is 5.28. The van der Waals surface area contributed by atoms with Crippen molar-refractivity contribution in [3.8, 4) is 11.5 Å². The van der Waals surface area contributed by atoms with Crippen LogP contribution in [-0.2, 0) is 11.3 Å². The van der Waals surface area contributed by atoms with Crippen LogP contribution in [0, 0.1) is 11.3 Å². The van der Waals surface area contributed by atoms with Crippen molar-refractivity contribution in [2.24, 2.45) is 17.1 Å². The standard InChI is InChI=1S/C19H28N4O5/c1-19(2,3)16-15(17(20)24)12(4-5-23(16)18(25)26)22-9-11-8-13-14(10-21-11)28-7-6-27-13/h8,10,12,15-16,22H,4-7,9H2,1-3H3,(H2,20,24)(H,25,26). The third kappa shape index (κ3) is 4.14. The Hall–Kier alpha value is -2.55. The smallest absolute Gasteiger partial charge is 0.407 e.